The highest BCUT2D eigenvalue weighted by Crippen LogP contribution is 2.41. The van der Waals surface area contributed by atoms with Gasteiger partial charge in [-0.3, -0.25) is 4.79 Å². The van der Waals surface area contributed by atoms with Crippen LogP contribution >= 0.6 is 0 Å². The molecule has 1 N–H and O–H groups in total. The molecule has 0 bridgehead atoms. The quantitative estimate of drug-likeness (QED) is 0.847. The predicted molar refractivity (Wildman–Crippen MR) is 67.5 cm³/mol. The van der Waals surface area contributed by atoms with Gasteiger partial charge in [0.1, 0.15) is 0 Å². The molecule has 2 aliphatic carbocycles. The minimum Gasteiger partial charge on any atom is -0.481 e. The first-order valence-corrected chi connectivity index (χ1v) is 7.22. The van der Waals surface area contributed by atoms with Crippen molar-refractivity contribution in [2.45, 2.75) is 57.4 Å². The molecule has 1 aromatic heterocycles. The van der Waals surface area contributed by atoms with E-state index in [4.69, 9.17) is 5.11 Å². The summed E-state index contributed by atoms with van der Waals surface area (Å²) >= 11 is 0. The van der Waals surface area contributed by atoms with Gasteiger partial charge in [-0.2, -0.15) is 0 Å². The molecule has 0 amide bonds. The second kappa shape index (κ2) is 5.27. The van der Waals surface area contributed by atoms with Crippen LogP contribution in [0.5, 0.6) is 0 Å². The molecule has 2 saturated carbocycles. The fourth-order valence-corrected chi connectivity index (χ4v) is 3.19. The Balaban J connectivity index is 1.74. The maximum atomic E-state index is 11.0. The van der Waals surface area contributed by atoms with Gasteiger partial charge in [0.15, 0.2) is 5.82 Å². The lowest BCUT2D eigenvalue weighted by Crippen LogP contribution is -2.20. The Labute approximate surface area is 112 Å². The summed E-state index contributed by atoms with van der Waals surface area (Å²) in [7, 11) is 0. The van der Waals surface area contributed by atoms with E-state index in [2.05, 4.69) is 15.5 Å². The Hall–Kier alpha value is -1.46. The largest absolute Gasteiger partial charge is 0.481 e. The number of hydrogen-bond acceptors (Lipinski definition) is 4. The zero-order chi connectivity index (χ0) is 13.2. The first-order chi connectivity index (χ1) is 9.24. The number of hydrogen-bond donors (Lipinski definition) is 1. The molecule has 6 heteroatoms. The maximum Gasteiger partial charge on any atom is 0.305 e. The van der Waals surface area contributed by atoms with Crippen molar-refractivity contribution < 1.29 is 9.90 Å². The molecule has 3 rings (SSSR count). The number of nitrogens with zero attached hydrogens (tertiary/aromatic N) is 4. The van der Waals surface area contributed by atoms with Crippen LogP contribution in [0.4, 0.5) is 0 Å². The zero-order valence-corrected chi connectivity index (χ0v) is 11.0. The molecule has 1 atom stereocenters. The van der Waals surface area contributed by atoms with E-state index in [1.807, 2.05) is 0 Å². The molecule has 6 nitrogen and oxygen atoms in total. The van der Waals surface area contributed by atoms with Crippen LogP contribution in [-0.4, -0.2) is 31.3 Å². The van der Waals surface area contributed by atoms with Crippen molar-refractivity contribution in [3.05, 3.63) is 5.82 Å². The van der Waals surface area contributed by atoms with Gasteiger partial charge in [0, 0.05) is 6.42 Å². The highest BCUT2D eigenvalue weighted by Gasteiger charge is 2.36. The summed E-state index contributed by atoms with van der Waals surface area (Å²) in [6, 6.07) is -0.0519. The molecule has 2 fully saturated rings. The maximum absolute atomic E-state index is 11.0. The summed E-state index contributed by atoms with van der Waals surface area (Å²) in [5.41, 5.74) is 0. The van der Waals surface area contributed by atoms with E-state index in [1.165, 1.54) is 25.7 Å². The van der Waals surface area contributed by atoms with Gasteiger partial charge in [0.25, 0.3) is 0 Å². The molecule has 0 saturated heterocycles. The summed E-state index contributed by atoms with van der Waals surface area (Å²) in [6.07, 6.45) is 8.32. The van der Waals surface area contributed by atoms with Crippen LogP contribution in [0, 0.1) is 11.8 Å². The van der Waals surface area contributed by atoms with Crippen molar-refractivity contribution in [3.8, 4) is 0 Å². The van der Waals surface area contributed by atoms with Crippen molar-refractivity contribution in [2.75, 3.05) is 0 Å². The van der Waals surface area contributed by atoms with Gasteiger partial charge >= 0.3 is 5.97 Å². The Morgan fingerprint density at radius 1 is 1.32 bits per heavy atom. The number of carbonyl (C=O) groups is 1. The monoisotopic (exact) mass is 264 g/mol. The fraction of sp³-hybridized carbons (Fsp3) is 0.846. The van der Waals surface area contributed by atoms with Crippen molar-refractivity contribution in [2.24, 2.45) is 11.8 Å². The van der Waals surface area contributed by atoms with Crippen LogP contribution in [0.3, 0.4) is 0 Å². The zero-order valence-electron chi connectivity index (χ0n) is 11.0. The summed E-state index contributed by atoms with van der Waals surface area (Å²) in [6.45, 7) is 0. The van der Waals surface area contributed by atoms with Crippen LogP contribution in [0.2, 0.25) is 0 Å². The van der Waals surface area contributed by atoms with Crippen LogP contribution in [0.25, 0.3) is 0 Å². The second-order valence-electron chi connectivity index (χ2n) is 5.90. The third kappa shape index (κ3) is 2.93. The van der Waals surface area contributed by atoms with Gasteiger partial charge in [-0.15, -0.1) is 5.10 Å². The smallest absolute Gasteiger partial charge is 0.305 e. The third-order valence-electron chi connectivity index (χ3n) is 4.37. The Morgan fingerprint density at radius 3 is 2.68 bits per heavy atom. The molecule has 0 radical (unpaired) electrons. The topological polar surface area (TPSA) is 80.9 Å². The van der Waals surface area contributed by atoms with E-state index < -0.39 is 5.97 Å². The van der Waals surface area contributed by atoms with E-state index in [0.717, 1.165) is 25.1 Å². The highest BCUT2D eigenvalue weighted by atomic mass is 16.4. The second-order valence-corrected chi connectivity index (χ2v) is 5.90. The van der Waals surface area contributed by atoms with E-state index in [1.54, 1.807) is 4.68 Å². The lowest BCUT2D eigenvalue weighted by atomic mass is 10.0. The van der Waals surface area contributed by atoms with Gasteiger partial charge in [-0.25, -0.2) is 4.68 Å². The average molecular weight is 264 g/mol. The van der Waals surface area contributed by atoms with Crippen molar-refractivity contribution in [3.63, 3.8) is 0 Å². The molecule has 1 heterocycles. The number of rotatable bonds is 6. The van der Waals surface area contributed by atoms with E-state index in [-0.39, 0.29) is 12.5 Å². The minimum atomic E-state index is -0.765. The highest BCUT2D eigenvalue weighted by molar-refractivity contribution is 5.67. The van der Waals surface area contributed by atoms with Gasteiger partial charge in [-0.1, -0.05) is 25.7 Å². The summed E-state index contributed by atoms with van der Waals surface area (Å²) < 4.78 is 1.80. The Bertz CT molecular complexity index is 449. The molecule has 1 unspecified atom stereocenters. The van der Waals surface area contributed by atoms with Crippen LogP contribution in [0.1, 0.15) is 56.8 Å². The number of carboxylic acid groups (broad SMARTS) is 1. The number of tetrazole rings is 1. The van der Waals surface area contributed by atoms with Crippen LogP contribution < -0.4 is 0 Å². The molecular formula is C13H20N4O2. The van der Waals surface area contributed by atoms with E-state index in [9.17, 15) is 4.79 Å². The lowest BCUT2D eigenvalue weighted by molar-refractivity contribution is -0.138. The number of aromatic nitrogens is 4. The third-order valence-corrected chi connectivity index (χ3v) is 4.37. The Kier molecular flexibility index (Phi) is 3.48. The molecule has 0 aromatic carbocycles. The lowest BCUT2D eigenvalue weighted by Gasteiger charge is -2.17. The van der Waals surface area contributed by atoms with Crippen LogP contribution in [-0.2, 0) is 11.2 Å². The first kappa shape index (κ1) is 12.6. The predicted octanol–water partition coefficient (Wildman–Crippen LogP) is 1.83. The summed E-state index contributed by atoms with van der Waals surface area (Å²) in [5.74, 6) is 1.24. The number of aliphatic carboxylic acids is 1. The molecule has 0 spiro atoms. The van der Waals surface area contributed by atoms with Crippen molar-refractivity contribution >= 4 is 5.97 Å². The van der Waals surface area contributed by atoms with Gasteiger partial charge in [0.2, 0.25) is 0 Å². The molecule has 0 aliphatic heterocycles. The Morgan fingerprint density at radius 2 is 2.05 bits per heavy atom. The molecule has 1 aromatic rings. The molecule has 19 heavy (non-hydrogen) atoms. The normalized spacial score (nSPS) is 21.7. The summed E-state index contributed by atoms with van der Waals surface area (Å²) in [5, 5.41) is 21.0. The van der Waals surface area contributed by atoms with Gasteiger partial charge in [0.05, 0.1) is 12.5 Å². The van der Waals surface area contributed by atoms with E-state index in [0.29, 0.717) is 11.8 Å². The van der Waals surface area contributed by atoms with Crippen LogP contribution in [0.15, 0.2) is 0 Å². The number of carboxylic acids is 1. The van der Waals surface area contributed by atoms with Gasteiger partial charge in [-0.05, 0) is 35.1 Å². The molecular weight excluding hydrogens is 244 g/mol. The average Bonchev–Trinajstić information content (AvgIpc) is 2.89. The van der Waals surface area contributed by atoms with Crippen molar-refractivity contribution in [1.29, 1.82) is 0 Å². The fourth-order valence-electron chi connectivity index (χ4n) is 3.19. The van der Waals surface area contributed by atoms with Crippen molar-refractivity contribution in [1.82, 2.24) is 20.2 Å². The minimum absolute atomic E-state index is 0.0519. The SMILES string of the molecule is O=C(O)CC(C1CC1)n1nnnc1CC1CCCC1. The van der Waals surface area contributed by atoms with E-state index >= 15 is 0 Å². The standard InChI is InChI=1S/C13H20N4O2/c18-13(19)8-11(10-5-6-10)17-12(14-15-16-17)7-9-3-1-2-4-9/h9-11H,1-8H2,(H,18,19). The molecule has 2 aliphatic rings. The van der Waals surface area contributed by atoms with Gasteiger partial charge < -0.3 is 5.11 Å². The molecule has 104 valence electrons. The summed E-state index contributed by atoms with van der Waals surface area (Å²) in [4.78, 5) is 11.0. The first-order valence-electron chi connectivity index (χ1n) is 7.22.